The number of anilines is 1. The van der Waals surface area contributed by atoms with Crippen molar-refractivity contribution in [3.05, 3.63) is 67.1 Å². The molecule has 2 fully saturated rings. The third-order valence-electron chi connectivity index (χ3n) is 7.62. The number of amides is 1. The lowest BCUT2D eigenvalue weighted by Crippen LogP contribution is -2.28. The number of carbonyl (C=O) groups excluding carboxylic acids is 1. The first-order chi connectivity index (χ1) is 19.0. The number of nitrogens with two attached hydrogens (primary N) is 1. The van der Waals surface area contributed by atoms with E-state index in [-0.39, 0.29) is 11.9 Å². The molecule has 10 nitrogen and oxygen atoms in total. The molecule has 1 aliphatic heterocycles. The first kappa shape index (κ1) is 25.0. The highest BCUT2D eigenvalue weighted by atomic mass is 16.5. The fourth-order valence-electron chi connectivity index (χ4n) is 5.78. The topological polar surface area (TPSA) is 115 Å². The number of rotatable bonds is 7. The number of hydrogen-bond acceptors (Lipinski definition) is 8. The van der Waals surface area contributed by atoms with E-state index in [0.29, 0.717) is 29.3 Å². The van der Waals surface area contributed by atoms with Gasteiger partial charge in [0.05, 0.1) is 11.4 Å². The maximum absolute atomic E-state index is 12.7. The van der Waals surface area contributed by atoms with Crippen LogP contribution in [-0.4, -0.2) is 74.2 Å². The smallest absolute Gasteiger partial charge is 0.246 e. The Hall–Kier alpha value is -4.31. The first-order valence-electron chi connectivity index (χ1n) is 13.2. The van der Waals surface area contributed by atoms with E-state index >= 15 is 0 Å². The zero-order valence-electron chi connectivity index (χ0n) is 22.1. The van der Waals surface area contributed by atoms with Crippen LogP contribution in [0.3, 0.4) is 0 Å². The fourth-order valence-corrected chi connectivity index (χ4v) is 5.78. The van der Waals surface area contributed by atoms with Crippen molar-refractivity contribution < 1.29 is 9.53 Å². The monoisotopic (exact) mass is 524 g/mol. The number of nitrogens with zero attached hydrogens (tertiary/aromatic N) is 7. The quantitative estimate of drug-likeness (QED) is 0.363. The molecule has 4 heterocycles. The van der Waals surface area contributed by atoms with E-state index in [1.165, 1.54) is 6.33 Å². The molecule has 4 aromatic rings. The largest absolute Gasteiger partial charge is 0.439 e. The molecule has 3 aromatic heterocycles. The average Bonchev–Trinajstić information content (AvgIpc) is 3.62. The number of hydrogen-bond donors (Lipinski definition) is 1. The number of likely N-dealkylation sites (N-methyl/N-ethyl adjacent to an activating group) is 1. The fraction of sp³-hybridized carbons (Fsp3) is 0.345. The number of aromatic nitrogens is 5. The van der Waals surface area contributed by atoms with Crippen molar-refractivity contribution in [3.63, 3.8) is 0 Å². The second kappa shape index (κ2) is 10.5. The summed E-state index contributed by atoms with van der Waals surface area (Å²) in [5.41, 5.74) is 8.76. The summed E-state index contributed by atoms with van der Waals surface area (Å²) in [6.45, 7) is 2.33. The molecule has 1 amide bonds. The molecule has 0 radical (unpaired) electrons. The minimum absolute atomic E-state index is 0.102. The molecule has 0 bridgehead atoms. The Morgan fingerprint density at radius 3 is 2.54 bits per heavy atom. The lowest BCUT2D eigenvalue weighted by atomic mass is 10.0. The summed E-state index contributed by atoms with van der Waals surface area (Å²) < 4.78 is 7.88. The van der Waals surface area contributed by atoms with E-state index in [1.807, 2.05) is 77.1 Å². The molecule has 1 aromatic carbocycles. The summed E-state index contributed by atoms with van der Waals surface area (Å²) in [6.07, 6.45) is 8.73. The molecule has 10 heteroatoms. The second-order valence-electron chi connectivity index (χ2n) is 10.6. The molecule has 39 heavy (non-hydrogen) atoms. The third-order valence-corrected chi connectivity index (χ3v) is 7.62. The first-order valence-corrected chi connectivity index (χ1v) is 13.2. The molecule has 6 rings (SSSR count). The van der Waals surface area contributed by atoms with Gasteiger partial charge in [-0.3, -0.25) is 4.79 Å². The standard InChI is InChI=1S/C29H32N8O2/c1-35(2)13-5-7-25(38)36-16-20-14-22(15-21(20)17-36)37-29-26(28(30)32-18-33-29)27(34-37)19-8-10-23(11-9-19)39-24-6-3-4-12-31-24/h3-12,18,20-22H,13-17H2,1-2H3,(H2,30,32,33)/b7-5+. The Bertz CT molecular complexity index is 1490. The summed E-state index contributed by atoms with van der Waals surface area (Å²) in [6, 6.07) is 13.5. The SMILES string of the molecule is CN(C)C/C=C/C(=O)N1CC2CC(n3nc(-c4ccc(Oc5ccccn5)cc4)c4c(N)ncnc43)CC2C1. The van der Waals surface area contributed by atoms with Crippen molar-refractivity contribution in [3.8, 4) is 22.9 Å². The maximum atomic E-state index is 12.7. The van der Waals surface area contributed by atoms with Gasteiger partial charge in [0.2, 0.25) is 11.8 Å². The van der Waals surface area contributed by atoms with E-state index < -0.39 is 0 Å². The van der Waals surface area contributed by atoms with Gasteiger partial charge in [0.25, 0.3) is 0 Å². The Labute approximate surface area is 227 Å². The number of carbonyl (C=O) groups is 1. The number of likely N-dealkylation sites (tertiary alicyclic amines) is 1. The molecule has 2 N–H and O–H groups in total. The second-order valence-corrected chi connectivity index (χ2v) is 10.6. The van der Waals surface area contributed by atoms with Crippen molar-refractivity contribution in [1.29, 1.82) is 0 Å². The maximum Gasteiger partial charge on any atom is 0.246 e. The van der Waals surface area contributed by atoms with Gasteiger partial charge in [-0.25, -0.2) is 19.6 Å². The summed E-state index contributed by atoms with van der Waals surface area (Å²) in [4.78, 5) is 29.8. The van der Waals surface area contributed by atoms with Crippen LogP contribution in [0.5, 0.6) is 11.6 Å². The van der Waals surface area contributed by atoms with Crippen molar-refractivity contribution in [2.45, 2.75) is 18.9 Å². The molecule has 200 valence electrons. The summed E-state index contributed by atoms with van der Waals surface area (Å²) in [7, 11) is 3.98. The van der Waals surface area contributed by atoms with Gasteiger partial charge in [-0.05, 0) is 69.1 Å². The van der Waals surface area contributed by atoms with E-state index in [0.717, 1.165) is 54.8 Å². The highest BCUT2D eigenvalue weighted by molar-refractivity contribution is 5.98. The van der Waals surface area contributed by atoms with Crippen LogP contribution in [0.2, 0.25) is 0 Å². The van der Waals surface area contributed by atoms with Crippen LogP contribution < -0.4 is 10.5 Å². The van der Waals surface area contributed by atoms with Gasteiger partial charge in [-0.1, -0.05) is 12.1 Å². The van der Waals surface area contributed by atoms with Crippen LogP contribution in [-0.2, 0) is 4.79 Å². The Balaban J connectivity index is 1.21. The van der Waals surface area contributed by atoms with Gasteiger partial charge in [0.1, 0.15) is 23.6 Å². The molecule has 2 unspecified atom stereocenters. The number of pyridine rings is 1. The predicted octanol–water partition coefficient (Wildman–Crippen LogP) is 3.79. The van der Waals surface area contributed by atoms with Gasteiger partial charge >= 0.3 is 0 Å². The lowest BCUT2D eigenvalue weighted by molar-refractivity contribution is -0.125. The molecule has 1 aliphatic carbocycles. The third kappa shape index (κ3) is 5.07. The zero-order valence-corrected chi connectivity index (χ0v) is 22.1. The predicted molar refractivity (Wildman–Crippen MR) is 149 cm³/mol. The van der Waals surface area contributed by atoms with Crippen LogP contribution in [0.4, 0.5) is 5.82 Å². The molecule has 0 spiro atoms. The summed E-state index contributed by atoms with van der Waals surface area (Å²) in [5, 5.41) is 5.80. The van der Waals surface area contributed by atoms with E-state index in [2.05, 4.69) is 15.0 Å². The number of fused-ring (bicyclic) bond motifs is 2. The molecular formula is C29H32N8O2. The van der Waals surface area contributed by atoms with E-state index in [1.54, 1.807) is 12.3 Å². The normalized spacial score (nSPS) is 20.8. The van der Waals surface area contributed by atoms with Gasteiger partial charge in [0.15, 0.2) is 5.65 Å². The van der Waals surface area contributed by atoms with Crippen LogP contribution in [0, 0.1) is 11.8 Å². The van der Waals surface area contributed by atoms with Crippen LogP contribution in [0.1, 0.15) is 18.9 Å². The molecular weight excluding hydrogens is 492 g/mol. The van der Waals surface area contributed by atoms with Crippen LogP contribution in [0.25, 0.3) is 22.3 Å². The van der Waals surface area contributed by atoms with Crippen molar-refractivity contribution in [2.24, 2.45) is 11.8 Å². The molecule has 2 aliphatic rings. The molecule has 1 saturated carbocycles. The minimum atomic E-state index is 0.102. The molecule has 2 atom stereocenters. The highest BCUT2D eigenvalue weighted by Gasteiger charge is 2.43. The van der Waals surface area contributed by atoms with Gasteiger partial charge in [-0.15, -0.1) is 0 Å². The number of nitrogen functional groups attached to an aromatic ring is 1. The summed E-state index contributed by atoms with van der Waals surface area (Å²) >= 11 is 0. The zero-order chi connectivity index (χ0) is 26.9. The Morgan fingerprint density at radius 1 is 1.08 bits per heavy atom. The highest BCUT2D eigenvalue weighted by Crippen LogP contribution is 2.45. The summed E-state index contributed by atoms with van der Waals surface area (Å²) in [5.74, 6) is 2.64. The van der Waals surface area contributed by atoms with Gasteiger partial charge < -0.3 is 20.3 Å². The Morgan fingerprint density at radius 2 is 1.85 bits per heavy atom. The average molecular weight is 525 g/mol. The van der Waals surface area contributed by atoms with Crippen molar-refractivity contribution in [1.82, 2.24) is 34.5 Å². The van der Waals surface area contributed by atoms with Gasteiger partial charge in [0, 0.05) is 43.5 Å². The Kier molecular flexibility index (Phi) is 6.70. The van der Waals surface area contributed by atoms with Crippen molar-refractivity contribution in [2.75, 3.05) is 39.5 Å². The number of benzene rings is 1. The van der Waals surface area contributed by atoms with E-state index in [4.69, 9.17) is 15.6 Å². The van der Waals surface area contributed by atoms with E-state index in [9.17, 15) is 4.79 Å². The van der Waals surface area contributed by atoms with Crippen LogP contribution >= 0.6 is 0 Å². The van der Waals surface area contributed by atoms with Crippen LogP contribution in [0.15, 0.2) is 67.1 Å². The molecule has 1 saturated heterocycles. The number of ether oxygens (including phenoxy) is 1. The lowest BCUT2D eigenvalue weighted by Gasteiger charge is -2.18. The van der Waals surface area contributed by atoms with Crippen molar-refractivity contribution >= 4 is 22.8 Å². The minimum Gasteiger partial charge on any atom is -0.439 e. The van der Waals surface area contributed by atoms with Gasteiger partial charge in [-0.2, -0.15) is 5.10 Å².